The smallest absolute Gasteiger partial charge is 0.127 e. The van der Waals surface area contributed by atoms with Crippen molar-refractivity contribution < 1.29 is 19.0 Å². The molecule has 0 amide bonds. The van der Waals surface area contributed by atoms with E-state index in [1.165, 1.54) is 6.07 Å². The van der Waals surface area contributed by atoms with Gasteiger partial charge in [-0.2, -0.15) is 0 Å². The first-order valence-corrected chi connectivity index (χ1v) is 9.62. The first-order chi connectivity index (χ1) is 13.1. The molecule has 2 aromatic rings. The van der Waals surface area contributed by atoms with Crippen LogP contribution in [0.4, 0.5) is 4.39 Å². The zero-order chi connectivity index (χ0) is 19.1. The highest BCUT2D eigenvalue weighted by atomic mass is 35.5. The highest BCUT2D eigenvalue weighted by molar-refractivity contribution is 6.30. The van der Waals surface area contributed by atoms with E-state index in [-0.39, 0.29) is 18.5 Å². The van der Waals surface area contributed by atoms with Gasteiger partial charge in [-0.25, -0.2) is 4.39 Å². The van der Waals surface area contributed by atoms with Gasteiger partial charge in [-0.1, -0.05) is 29.8 Å². The number of rotatable bonds is 9. The Kier molecular flexibility index (Phi) is 7.47. The van der Waals surface area contributed by atoms with E-state index in [1.807, 2.05) is 11.0 Å². The molecule has 1 saturated heterocycles. The van der Waals surface area contributed by atoms with Gasteiger partial charge >= 0.3 is 0 Å². The molecule has 0 aliphatic carbocycles. The first-order valence-electron chi connectivity index (χ1n) is 9.24. The normalized spacial score (nSPS) is 18.0. The zero-order valence-corrected chi connectivity index (χ0v) is 15.9. The van der Waals surface area contributed by atoms with E-state index < -0.39 is 6.10 Å². The number of nitrogens with zero attached hydrogens (tertiary/aromatic N) is 1. The first kappa shape index (κ1) is 20.1. The molecule has 0 aromatic heterocycles. The molecule has 1 N–H and O–H groups in total. The second-order valence-electron chi connectivity index (χ2n) is 6.84. The van der Waals surface area contributed by atoms with Crippen LogP contribution >= 0.6 is 11.6 Å². The molecule has 0 bridgehead atoms. The number of aliphatic hydroxyl groups is 1. The van der Waals surface area contributed by atoms with E-state index in [4.69, 9.17) is 21.1 Å². The lowest BCUT2D eigenvalue weighted by atomic mass is 10.1. The molecule has 0 radical (unpaired) electrons. The molecule has 1 heterocycles. The second-order valence-corrected chi connectivity index (χ2v) is 7.28. The summed E-state index contributed by atoms with van der Waals surface area (Å²) in [6, 6.07) is 13.7. The van der Waals surface area contributed by atoms with Gasteiger partial charge in [-0.15, -0.1) is 0 Å². The fourth-order valence-electron chi connectivity index (χ4n) is 3.22. The monoisotopic (exact) mass is 393 g/mol. The van der Waals surface area contributed by atoms with E-state index in [0.717, 1.165) is 19.4 Å². The Morgan fingerprint density at radius 3 is 2.70 bits per heavy atom. The van der Waals surface area contributed by atoms with Crippen LogP contribution in [0.1, 0.15) is 18.4 Å². The Bertz CT molecular complexity index is 707. The largest absolute Gasteiger partial charge is 0.491 e. The van der Waals surface area contributed by atoms with E-state index in [2.05, 4.69) is 0 Å². The number of hydrogen-bond acceptors (Lipinski definition) is 4. The minimum atomic E-state index is -0.700. The fraction of sp³-hybridized carbons (Fsp3) is 0.429. The summed E-state index contributed by atoms with van der Waals surface area (Å²) in [6.07, 6.45) is 1.46. The molecule has 2 atom stereocenters. The Morgan fingerprint density at radius 1 is 1.22 bits per heavy atom. The summed E-state index contributed by atoms with van der Waals surface area (Å²) < 4.78 is 25.4. The van der Waals surface area contributed by atoms with Crippen molar-refractivity contribution in [2.75, 3.05) is 26.3 Å². The average molecular weight is 394 g/mol. The van der Waals surface area contributed by atoms with Crippen molar-refractivity contribution in [1.82, 2.24) is 4.90 Å². The molecule has 27 heavy (non-hydrogen) atoms. The van der Waals surface area contributed by atoms with Crippen molar-refractivity contribution in [2.45, 2.75) is 31.6 Å². The molecule has 3 rings (SSSR count). The molecule has 6 heteroatoms. The van der Waals surface area contributed by atoms with E-state index in [0.29, 0.717) is 36.0 Å². The van der Waals surface area contributed by atoms with Crippen molar-refractivity contribution in [2.24, 2.45) is 0 Å². The highest BCUT2D eigenvalue weighted by Gasteiger charge is 2.22. The van der Waals surface area contributed by atoms with Crippen LogP contribution in [0.15, 0.2) is 48.5 Å². The van der Waals surface area contributed by atoms with Gasteiger partial charge in [0, 0.05) is 36.8 Å². The molecule has 0 saturated carbocycles. The zero-order valence-electron chi connectivity index (χ0n) is 15.2. The number of benzene rings is 2. The van der Waals surface area contributed by atoms with Crippen LogP contribution < -0.4 is 4.74 Å². The fourth-order valence-corrected chi connectivity index (χ4v) is 3.35. The predicted molar refractivity (Wildman–Crippen MR) is 104 cm³/mol. The molecule has 0 spiro atoms. The predicted octanol–water partition coefficient (Wildman–Crippen LogP) is 3.90. The van der Waals surface area contributed by atoms with Crippen LogP contribution in [-0.4, -0.2) is 48.5 Å². The van der Waals surface area contributed by atoms with Gasteiger partial charge in [-0.3, -0.25) is 4.90 Å². The Balaban J connectivity index is 1.57. The van der Waals surface area contributed by atoms with Crippen LogP contribution in [0.25, 0.3) is 0 Å². The molecule has 1 aliphatic heterocycles. The summed E-state index contributed by atoms with van der Waals surface area (Å²) in [5.74, 6) is 0.417. The van der Waals surface area contributed by atoms with Crippen LogP contribution in [-0.2, 0) is 11.3 Å². The van der Waals surface area contributed by atoms with E-state index in [1.54, 1.807) is 36.4 Å². The second kappa shape index (κ2) is 10.0. The SMILES string of the molecule is O[C@H](COc1ccc(Cl)cc1)CN(Cc1ccccc1F)C[C@@H]1CCCO1. The van der Waals surface area contributed by atoms with Crippen molar-refractivity contribution in [3.05, 3.63) is 64.9 Å². The maximum absolute atomic E-state index is 14.0. The van der Waals surface area contributed by atoms with Crippen LogP contribution in [0, 0.1) is 5.82 Å². The van der Waals surface area contributed by atoms with Gasteiger partial charge < -0.3 is 14.6 Å². The lowest BCUT2D eigenvalue weighted by Crippen LogP contribution is -2.39. The lowest BCUT2D eigenvalue weighted by molar-refractivity contribution is 0.0310. The van der Waals surface area contributed by atoms with E-state index >= 15 is 0 Å². The summed E-state index contributed by atoms with van der Waals surface area (Å²) in [5.41, 5.74) is 0.612. The summed E-state index contributed by atoms with van der Waals surface area (Å²) in [7, 11) is 0. The molecule has 4 nitrogen and oxygen atoms in total. The third-order valence-electron chi connectivity index (χ3n) is 4.56. The summed E-state index contributed by atoms with van der Waals surface area (Å²) >= 11 is 5.86. The molecule has 1 fully saturated rings. The number of ether oxygens (including phenoxy) is 2. The van der Waals surface area contributed by atoms with E-state index in [9.17, 15) is 9.50 Å². The van der Waals surface area contributed by atoms with Gasteiger partial charge in [0.25, 0.3) is 0 Å². The topological polar surface area (TPSA) is 41.9 Å². The van der Waals surface area contributed by atoms with Gasteiger partial charge in [0.2, 0.25) is 0 Å². The van der Waals surface area contributed by atoms with Crippen LogP contribution in [0.2, 0.25) is 5.02 Å². The molecule has 2 aromatic carbocycles. The van der Waals surface area contributed by atoms with Crippen molar-refractivity contribution in [3.8, 4) is 5.75 Å². The highest BCUT2D eigenvalue weighted by Crippen LogP contribution is 2.18. The third kappa shape index (κ3) is 6.47. The maximum atomic E-state index is 14.0. The average Bonchev–Trinajstić information content (AvgIpc) is 3.16. The molecule has 1 aliphatic rings. The van der Waals surface area contributed by atoms with Gasteiger partial charge in [0.1, 0.15) is 24.3 Å². The van der Waals surface area contributed by atoms with Crippen molar-refractivity contribution in [1.29, 1.82) is 0 Å². The Morgan fingerprint density at radius 2 is 2.00 bits per heavy atom. The molecule has 146 valence electrons. The van der Waals surface area contributed by atoms with Gasteiger partial charge in [0.15, 0.2) is 0 Å². The number of hydrogen-bond donors (Lipinski definition) is 1. The van der Waals surface area contributed by atoms with Crippen LogP contribution in [0.3, 0.4) is 0 Å². The number of halogens is 2. The molecular formula is C21H25ClFNO3. The number of aliphatic hydroxyl groups excluding tert-OH is 1. The van der Waals surface area contributed by atoms with Gasteiger partial charge in [-0.05, 0) is 43.2 Å². The standard InChI is InChI=1S/C21H25ClFNO3/c22-17-7-9-19(10-8-17)27-15-18(25)13-24(14-20-5-3-11-26-20)12-16-4-1-2-6-21(16)23/h1-2,4,6-10,18,20,25H,3,5,11-15H2/t18-,20-/m0/s1. The summed E-state index contributed by atoms with van der Waals surface area (Å²) in [6.45, 7) is 2.38. The minimum absolute atomic E-state index is 0.126. The Hall–Kier alpha value is -1.66. The lowest BCUT2D eigenvalue weighted by Gasteiger charge is -2.27. The van der Waals surface area contributed by atoms with Crippen molar-refractivity contribution in [3.63, 3.8) is 0 Å². The molecule has 0 unspecified atom stereocenters. The van der Waals surface area contributed by atoms with Crippen molar-refractivity contribution >= 4 is 11.6 Å². The minimum Gasteiger partial charge on any atom is -0.491 e. The van der Waals surface area contributed by atoms with Gasteiger partial charge in [0.05, 0.1) is 6.10 Å². The summed E-state index contributed by atoms with van der Waals surface area (Å²) in [5, 5.41) is 11.1. The summed E-state index contributed by atoms with van der Waals surface area (Å²) in [4.78, 5) is 2.03. The third-order valence-corrected chi connectivity index (χ3v) is 4.81. The Labute approximate surface area is 164 Å². The quantitative estimate of drug-likeness (QED) is 0.701. The molecular weight excluding hydrogens is 369 g/mol. The maximum Gasteiger partial charge on any atom is 0.127 e. The van der Waals surface area contributed by atoms with Crippen LogP contribution in [0.5, 0.6) is 5.75 Å².